The molecule has 0 saturated heterocycles. The van der Waals surface area contributed by atoms with E-state index < -0.39 is 0 Å². The van der Waals surface area contributed by atoms with E-state index in [-0.39, 0.29) is 11.7 Å². The van der Waals surface area contributed by atoms with Crippen molar-refractivity contribution in [1.29, 1.82) is 5.26 Å². The Hall–Kier alpha value is -2.93. The molecule has 0 saturated carbocycles. The summed E-state index contributed by atoms with van der Waals surface area (Å²) in [6.07, 6.45) is 0. The molecule has 0 unspecified atom stereocenters. The van der Waals surface area contributed by atoms with Crippen molar-refractivity contribution in [3.63, 3.8) is 0 Å². The zero-order valence-electron chi connectivity index (χ0n) is 10.9. The van der Waals surface area contributed by atoms with Gasteiger partial charge >= 0.3 is 0 Å². The first kappa shape index (κ1) is 13.5. The lowest BCUT2D eigenvalue weighted by Gasteiger charge is -2.06. The van der Waals surface area contributed by atoms with Gasteiger partial charge in [-0.05, 0) is 37.3 Å². The third-order valence-corrected chi connectivity index (χ3v) is 2.78. The highest BCUT2D eigenvalue weighted by atomic mass is 16.1. The summed E-state index contributed by atoms with van der Waals surface area (Å²) in [5, 5.41) is 11.5. The van der Waals surface area contributed by atoms with E-state index in [9.17, 15) is 9.59 Å². The van der Waals surface area contributed by atoms with Crippen LogP contribution in [0.15, 0.2) is 48.5 Å². The van der Waals surface area contributed by atoms with Crippen molar-refractivity contribution in [2.24, 2.45) is 0 Å². The van der Waals surface area contributed by atoms with Crippen molar-refractivity contribution in [3.8, 4) is 6.07 Å². The molecule has 2 aromatic carbocycles. The van der Waals surface area contributed by atoms with Crippen molar-refractivity contribution >= 4 is 17.4 Å². The summed E-state index contributed by atoms with van der Waals surface area (Å²) >= 11 is 0. The van der Waals surface area contributed by atoms with Crippen molar-refractivity contribution in [2.75, 3.05) is 5.32 Å². The molecular weight excluding hydrogens is 252 g/mol. The average molecular weight is 264 g/mol. The van der Waals surface area contributed by atoms with E-state index in [4.69, 9.17) is 5.26 Å². The highest BCUT2D eigenvalue weighted by molar-refractivity contribution is 6.05. The predicted octanol–water partition coefficient (Wildman–Crippen LogP) is 3.01. The van der Waals surface area contributed by atoms with Gasteiger partial charge in [-0.25, -0.2) is 0 Å². The van der Waals surface area contributed by atoms with E-state index >= 15 is 0 Å². The van der Waals surface area contributed by atoms with Crippen LogP contribution in [0.5, 0.6) is 0 Å². The minimum atomic E-state index is -0.317. The maximum Gasteiger partial charge on any atom is 0.255 e. The standard InChI is InChI=1S/C16H12N2O2/c1-11(19)13-5-3-7-15(9-13)18-16(20)14-6-2-4-12(8-14)10-17/h2-9H,1H3,(H,18,20). The summed E-state index contributed by atoms with van der Waals surface area (Å²) in [6.45, 7) is 1.47. The van der Waals surface area contributed by atoms with Crippen LogP contribution in [-0.2, 0) is 0 Å². The minimum absolute atomic E-state index is 0.0624. The molecule has 20 heavy (non-hydrogen) atoms. The monoisotopic (exact) mass is 264 g/mol. The fourth-order valence-corrected chi connectivity index (χ4v) is 1.75. The van der Waals surface area contributed by atoms with Crippen LogP contribution < -0.4 is 5.32 Å². The van der Waals surface area contributed by atoms with E-state index in [0.29, 0.717) is 22.4 Å². The van der Waals surface area contributed by atoms with E-state index in [1.54, 1.807) is 42.5 Å². The predicted molar refractivity (Wildman–Crippen MR) is 75.6 cm³/mol. The van der Waals surface area contributed by atoms with Gasteiger partial charge in [-0.3, -0.25) is 9.59 Å². The molecule has 0 radical (unpaired) electrons. The molecule has 4 nitrogen and oxygen atoms in total. The van der Waals surface area contributed by atoms with Gasteiger partial charge in [-0.15, -0.1) is 0 Å². The van der Waals surface area contributed by atoms with Gasteiger partial charge in [0.15, 0.2) is 5.78 Å². The Morgan fingerprint density at radius 2 is 1.75 bits per heavy atom. The van der Waals surface area contributed by atoms with Crippen LogP contribution >= 0.6 is 0 Å². The molecule has 4 heteroatoms. The van der Waals surface area contributed by atoms with Crippen molar-refractivity contribution in [1.82, 2.24) is 0 Å². The van der Waals surface area contributed by atoms with Crippen molar-refractivity contribution in [2.45, 2.75) is 6.92 Å². The maximum atomic E-state index is 12.1. The Morgan fingerprint density at radius 3 is 2.45 bits per heavy atom. The third kappa shape index (κ3) is 3.09. The summed E-state index contributed by atoms with van der Waals surface area (Å²) in [6, 6.07) is 15.1. The Morgan fingerprint density at radius 1 is 1.05 bits per heavy atom. The molecule has 98 valence electrons. The Kier molecular flexibility index (Phi) is 3.92. The van der Waals surface area contributed by atoms with Crippen molar-refractivity contribution in [3.05, 3.63) is 65.2 Å². The van der Waals surface area contributed by atoms with Crippen LogP contribution in [0, 0.1) is 11.3 Å². The van der Waals surface area contributed by atoms with Crippen LogP contribution in [0.25, 0.3) is 0 Å². The number of anilines is 1. The molecule has 2 aromatic rings. The first-order valence-electron chi connectivity index (χ1n) is 6.02. The number of benzene rings is 2. The summed E-state index contributed by atoms with van der Waals surface area (Å²) in [5.41, 5.74) is 1.91. The van der Waals surface area contributed by atoms with E-state index in [0.717, 1.165) is 0 Å². The smallest absolute Gasteiger partial charge is 0.255 e. The molecule has 0 aliphatic carbocycles. The molecular formula is C16H12N2O2. The van der Waals surface area contributed by atoms with Crippen LogP contribution in [0.3, 0.4) is 0 Å². The van der Waals surface area contributed by atoms with Gasteiger partial charge in [-0.2, -0.15) is 5.26 Å². The molecule has 0 aliphatic heterocycles. The molecule has 0 fully saturated rings. The zero-order chi connectivity index (χ0) is 14.5. The molecule has 0 aliphatic rings. The number of hydrogen-bond donors (Lipinski definition) is 1. The van der Waals surface area contributed by atoms with Crippen LogP contribution in [0.4, 0.5) is 5.69 Å². The molecule has 0 heterocycles. The molecule has 0 spiro atoms. The molecule has 0 atom stereocenters. The molecule has 0 bridgehead atoms. The number of amides is 1. The quantitative estimate of drug-likeness (QED) is 0.866. The molecule has 1 amide bonds. The zero-order valence-corrected chi connectivity index (χ0v) is 10.9. The van der Waals surface area contributed by atoms with Crippen LogP contribution in [0.1, 0.15) is 33.2 Å². The van der Waals surface area contributed by atoms with Gasteiger partial charge in [0.2, 0.25) is 0 Å². The highest BCUT2D eigenvalue weighted by Gasteiger charge is 2.08. The number of carbonyl (C=O) groups excluding carboxylic acids is 2. The average Bonchev–Trinajstić information content (AvgIpc) is 2.47. The summed E-state index contributed by atoms with van der Waals surface area (Å²) < 4.78 is 0. The van der Waals surface area contributed by atoms with E-state index in [1.807, 2.05) is 6.07 Å². The second-order valence-electron chi connectivity index (χ2n) is 4.28. The highest BCUT2D eigenvalue weighted by Crippen LogP contribution is 2.13. The summed E-state index contributed by atoms with van der Waals surface area (Å²) in [4.78, 5) is 23.3. The molecule has 0 aromatic heterocycles. The minimum Gasteiger partial charge on any atom is -0.322 e. The lowest BCUT2D eigenvalue weighted by atomic mass is 10.1. The van der Waals surface area contributed by atoms with Gasteiger partial charge < -0.3 is 5.32 Å². The lowest BCUT2D eigenvalue weighted by Crippen LogP contribution is -2.12. The number of Topliss-reactive ketones (excluding diaryl/α,β-unsaturated/α-hetero) is 1. The van der Waals surface area contributed by atoms with Crippen LogP contribution in [0.2, 0.25) is 0 Å². The Balaban J connectivity index is 2.21. The van der Waals surface area contributed by atoms with E-state index in [2.05, 4.69) is 5.32 Å². The fraction of sp³-hybridized carbons (Fsp3) is 0.0625. The summed E-state index contributed by atoms with van der Waals surface area (Å²) in [5.74, 6) is -0.379. The molecule has 2 rings (SSSR count). The number of rotatable bonds is 3. The Labute approximate surface area is 116 Å². The summed E-state index contributed by atoms with van der Waals surface area (Å²) in [7, 11) is 0. The van der Waals surface area contributed by atoms with E-state index in [1.165, 1.54) is 13.0 Å². The third-order valence-electron chi connectivity index (χ3n) is 2.78. The number of nitrogens with zero attached hydrogens (tertiary/aromatic N) is 1. The van der Waals surface area contributed by atoms with Crippen LogP contribution in [-0.4, -0.2) is 11.7 Å². The number of hydrogen-bond acceptors (Lipinski definition) is 3. The second kappa shape index (κ2) is 5.81. The normalized spacial score (nSPS) is 9.60. The number of nitrogens with one attached hydrogen (secondary N) is 1. The lowest BCUT2D eigenvalue weighted by molar-refractivity contribution is 0.101. The first-order valence-corrected chi connectivity index (χ1v) is 6.02. The van der Waals surface area contributed by atoms with Gasteiger partial charge in [-0.1, -0.05) is 18.2 Å². The number of carbonyl (C=O) groups is 2. The van der Waals surface area contributed by atoms with Gasteiger partial charge in [0.25, 0.3) is 5.91 Å². The number of nitriles is 1. The Bertz CT molecular complexity index is 714. The van der Waals surface area contributed by atoms with Gasteiger partial charge in [0, 0.05) is 16.8 Å². The van der Waals surface area contributed by atoms with Gasteiger partial charge in [0.1, 0.15) is 0 Å². The fourth-order valence-electron chi connectivity index (χ4n) is 1.75. The topological polar surface area (TPSA) is 70.0 Å². The second-order valence-corrected chi connectivity index (χ2v) is 4.28. The number of ketones is 1. The largest absolute Gasteiger partial charge is 0.322 e. The SMILES string of the molecule is CC(=O)c1cccc(NC(=O)c2cccc(C#N)c2)c1. The maximum absolute atomic E-state index is 12.1. The first-order chi connectivity index (χ1) is 9.60. The van der Waals surface area contributed by atoms with Crippen molar-refractivity contribution < 1.29 is 9.59 Å². The molecule has 1 N–H and O–H groups in total. The van der Waals surface area contributed by atoms with Gasteiger partial charge in [0.05, 0.1) is 11.6 Å².